The van der Waals surface area contributed by atoms with Crippen LogP contribution in [0.2, 0.25) is 0 Å². The molecule has 0 aromatic heterocycles. The molecule has 0 amide bonds. The molecule has 8 N–H and O–H groups in total. The van der Waals surface area contributed by atoms with E-state index in [-0.39, 0.29) is 0 Å². The summed E-state index contributed by atoms with van der Waals surface area (Å²) in [6.45, 7) is -1.21. The van der Waals surface area contributed by atoms with Crippen molar-refractivity contribution in [3.8, 4) is 0 Å². The molecule has 2 saturated heterocycles. The summed E-state index contributed by atoms with van der Waals surface area (Å²) < 4.78 is 10.1. The minimum absolute atomic E-state index is 0.601. The van der Waals surface area contributed by atoms with Crippen LogP contribution in [0.4, 0.5) is 0 Å². The number of aliphatic hydroxyl groups excluding tert-OH is 8. The minimum Gasteiger partial charge on any atom is -0.394 e. The molecule has 2 aliphatic rings. The molecule has 2 aliphatic heterocycles. The molecule has 136 valence electrons. The number of thioether (sulfide) groups is 1. The number of ether oxygens (including phenoxy) is 2. The van der Waals surface area contributed by atoms with Crippen LogP contribution >= 0.6 is 11.8 Å². The second-order valence-electron chi connectivity index (χ2n) is 5.53. The highest BCUT2D eigenvalue weighted by molar-refractivity contribution is 8.00. The standard InChI is InChI=1S/C12H22O10S/c13-1-3-5(15)7(17)8(18)12(22-3)23-10-6(16)4(2-14)21-11(20)9(10)19/h3-20H,1-2H2/t3-,4-,5-,6-,7+,8-,9-,10-,11-,12+/m1/s1. The largest absolute Gasteiger partial charge is 0.394 e. The second-order valence-corrected chi connectivity index (χ2v) is 6.81. The third kappa shape index (κ3) is 3.80. The van der Waals surface area contributed by atoms with Gasteiger partial charge in [0.25, 0.3) is 0 Å². The first kappa shape index (κ1) is 19.3. The monoisotopic (exact) mass is 358 g/mol. The molecule has 0 aromatic rings. The molecule has 0 saturated carbocycles. The molecule has 23 heavy (non-hydrogen) atoms. The number of hydrogen-bond acceptors (Lipinski definition) is 11. The van der Waals surface area contributed by atoms with Crippen molar-refractivity contribution in [1.29, 1.82) is 0 Å². The van der Waals surface area contributed by atoms with E-state index in [0.717, 1.165) is 0 Å². The van der Waals surface area contributed by atoms with Crippen LogP contribution in [0, 0.1) is 0 Å². The van der Waals surface area contributed by atoms with Gasteiger partial charge in [0.05, 0.1) is 24.6 Å². The molecule has 2 heterocycles. The molecule has 2 fully saturated rings. The zero-order chi connectivity index (χ0) is 17.3. The van der Waals surface area contributed by atoms with Crippen LogP contribution in [-0.4, -0.2) is 114 Å². The lowest BCUT2D eigenvalue weighted by molar-refractivity contribution is -0.249. The highest BCUT2D eigenvalue weighted by Crippen LogP contribution is 2.37. The predicted octanol–water partition coefficient (Wildman–Crippen LogP) is -4.68. The van der Waals surface area contributed by atoms with Crippen molar-refractivity contribution in [3.63, 3.8) is 0 Å². The molecule has 10 atom stereocenters. The van der Waals surface area contributed by atoms with Gasteiger partial charge >= 0.3 is 0 Å². The lowest BCUT2D eigenvalue weighted by atomic mass is 10.0. The van der Waals surface area contributed by atoms with E-state index in [2.05, 4.69) is 0 Å². The lowest BCUT2D eigenvalue weighted by Crippen LogP contribution is -2.61. The van der Waals surface area contributed by atoms with Crippen molar-refractivity contribution < 1.29 is 50.3 Å². The summed E-state index contributed by atoms with van der Waals surface area (Å²) in [6, 6.07) is 0. The third-order valence-electron chi connectivity index (χ3n) is 3.98. The van der Waals surface area contributed by atoms with E-state index in [1.165, 1.54) is 0 Å². The Morgan fingerprint density at radius 1 is 0.652 bits per heavy atom. The summed E-state index contributed by atoms with van der Waals surface area (Å²) >= 11 is 0.708. The van der Waals surface area contributed by atoms with Gasteiger partial charge in [0, 0.05) is 0 Å². The van der Waals surface area contributed by atoms with Gasteiger partial charge < -0.3 is 50.3 Å². The Morgan fingerprint density at radius 3 is 1.78 bits per heavy atom. The summed E-state index contributed by atoms with van der Waals surface area (Å²) in [6.07, 6.45) is -11.5. The van der Waals surface area contributed by atoms with Crippen molar-refractivity contribution in [2.45, 2.75) is 59.7 Å². The quantitative estimate of drug-likeness (QED) is 0.242. The van der Waals surface area contributed by atoms with E-state index in [1.807, 2.05) is 0 Å². The average molecular weight is 358 g/mol. The van der Waals surface area contributed by atoms with E-state index in [4.69, 9.17) is 19.7 Å². The normalized spacial score (nSPS) is 51.7. The van der Waals surface area contributed by atoms with Gasteiger partial charge in [0.2, 0.25) is 0 Å². The van der Waals surface area contributed by atoms with Gasteiger partial charge in [-0.05, 0) is 0 Å². The minimum atomic E-state index is -1.65. The Balaban J connectivity index is 2.11. The van der Waals surface area contributed by atoms with Crippen LogP contribution < -0.4 is 0 Å². The van der Waals surface area contributed by atoms with E-state index >= 15 is 0 Å². The smallest absolute Gasteiger partial charge is 0.182 e. The van der Waals surface area contributed by atoms with Gasteiger partial charge in [-0.15, -0.1) is 11.8 Å². The van der Waals surface area contributed by atoms with Gasteiger partial charge in [-0.2, -0.15) is 0 Å². The van der Waals surface area contributed by atoms with Crippen molar-refractivity contribution in [3.05, 3.63) is 0 Å². The van der Waals surface area contributed by atoms with E-state index in [0.29, 0.717) is 11.8 Å². The topological polar surface area (TPSA) is 180 Å². The summed E-state index contributed by atoms with van der Waals surface area (Å²) in [4.78, 5) is 0. The molecule has 0 radical (unpaired) electrons. The molecule has 11 heteroatoms. The highest BCUT2D eigenvalue weighted by atomic mass is 32.2. The lowest BCUT2D eigenvalue weighted by Gasteiger charge is -2.44. The number of hydrogen-bond donors (Lipinski definition) is 8. The maximum atomic E-state index is 10.1. The Bertz CT molecular complexity index is 385. The Kier molecular flexibility index (Phi) is 6.61. The zero-order valence-corrected chi connectivity index (χ0v) is 12.8. The molecule has 0 aromatic carbocycles. The first-order valence-corrected chi connectivity index (χ1v) is 8.02. The van der Waals surface area contributed by atoms with E-state index in [1.54, 1.807) is 0 Å². The van der Waals surface area contributed by atoms with E-state index in [9.17, 15) is 30.6 Å². The maximum Gasteiger partial charge on any atom is 0.182 e. The van der Waals surface area contributed by atoms with Crippen LogP contribution in [0.25, 0.3) is 0 Å². The molecule has 0 unspecified atom stereocenters. The molecule has 0 spiro atoms. The van der Waals surface area contributed by atoms with Crippen LogP contribution in [0.1, 0.15) is 0 Å². The van der Waals surface area contributed by atoms with Gasteiger partial charge in [-0.1, -0.05) is 0 Å². The van der Waals surface area contributed by atoms with Crippen LogP contribution in [-0.2, 0) is 9.47 Å². The fourth-order valence-electron chi connectivity index (χ4n) is 2.56. The number of rotatable bonds is 4. The van der Waals surface area contributed by atoms with Crippen LogP contribution in [0.15, 0.2) is 0 Å². The van der Waals surface area contributed by atoms with Crippen LogP contribution in [0.3, 0.4) is 0 Å². The van der Waals surface area contributed by atoms with E-state index < -0.39 is 72.9 Å². The third-order valence-corrected chi connectivity index (χ3v) is 5.51. The fourth-order valence-corrected chi connectivity index (χ4v) is 4.03. The van der Waals surface area contributed by atoms with Gasteiger partial charge in [-0.25, -0.2) is 0 Å². The van der Waals surface area contributed by atoms with Gasteiger partial charge in [-0.3, -0.25) is 0 Å². The second kappa shape index (κ2) is 7.89. The van der Waals surface area contributed by atoms with Crippen molar-refractivity contribution in [1.82, 2.24) is 0 Å². The van der Waals surface area contributed by atoms with Gasteiger partial charge in [0.1, 0.15) is 42.1 Å². The molecule has 0 aliphatic carbocycles. The van der Waals surface area contributed by atoms with Crippen molar-refractivity contribution in [2.75, 3.05) is 13.2 Å². The summed E-state index contributed by atoms with van der Waals surface area (Å²) in [7, 11) is 0. The Morgan fingerprint density at radius 2 is 1.22 bits per heavy atom. The van der Waals surface area contributed by atoms with Crippen molar-refractivity contribution >= 4 is 11.8 Å². The molecular formula is C12H22O10S. The number of aliphatic hydroxyl groups is 8. The van der Waals surface area contributed by atoms with Crippen molar-refractivity contribution in [2.24, 2.45) is 0 Å². The highest BCUT2D eigenvalue weighted by Gasteiger charge is 2.49. The molecule has 0 bridgehead atoms. The first-order chi connectivity index (χ1) is 10.8. The SMILES string of the molecule is OC[C@H]1O[C@@H](S[C@H]2[C@@H](O)[C@H](O)O[C@H](CO)[C@H]2O)[C@H](O)[C@@H](O)[C@@H]1O. The average Bonchev–Trinajstić information content (AvgIpc) is 2.54. The Labute approximate surface area is 135 Å². The molecule has 2 rings (SSSR count). The van der Waals surface area contributed by atoms with Crippen LogP contribution in [0.5, 0.6) is 0 Å². The predicted molar refractivity (Wildman–Crippen MR) is 75.1 cm³/mol. The summed E-state index contributed by atoms with van der Waals surface area (Å²) in [5.74, 6) is 0. The Hall–Kier alpha value is -0.0500. The van der Waals surface area contributed by atoms with Gasteiger partial charge in [0.15, 0.2) is 6.29 Å². The molecular weight excluding hydrogens is 336 g/mol. The summed E-state index contributed by atoms with van der Waals surface area (Å²) in [5, 5.41) is 76.2. The first-order valence-electron chi connectivity index (χ1n) is 7.08. The summed E-state index contributed by atoms with van der Waals surface area (Å²) in [5.41, 5.74) is -1.19. The maximum absolute atomic E-state index is 10.1. The fraction of sp³-hybridized carbons (Fsp3) is 1.00. The zero-order valence-electron chi connectivity index (χ0n) is 12.0. The molecule has 10 nitrogen and oxygen atoms in total.